The molecule has 4 nitrogen and oxygen atoms in total. The molecule has 1 aliphatic carbocycles. The van der Waals surface area contributed by atoms with Gasteiger partial charge < -0.3 is 9.47 Å². The van der Waals surface area contributed by atoms with E-state index in [1.54, 1.807) is 0 Å². The van der Waals surface area contributed by atoms with E-state index in [0.717, 1.165) is 12.8 Å². The summed E-state index contributed by atoms with van der Waals surface area (Å²) < 4.78 is 10.5. The number of nitrogens with one attached hydrogen (secondary N) is 1. The second-order valence-electron chi connectivity index (χ2n) is 4.73. The van der Waals surface area contributed by atoms with Gasteiger partial charge in [0.25, 0.3) is 0 Å². The molecular weight excluding hydrogens is 194 g/mol. The van der Waals surface area contributed by atoms with Crippen LogP contribution in [0.4, 0.5) is 0 Å². The molecule has 1 aliphatic heterocycles. The lowest BCUT2D eigenvalue weighted by molar-refractivity contribution is -0.142. The lowest BCUT2D eigenvalue weighted by Crippen LogP contribution is -2.49. The van der Waals surface area contributed by atoms with Crippen LogP contribution in [0.5, 0.6) is 0 Å². The summed E-state index contributed by atoms with van der Waals surface area (Å²) in [5, 5.41) is 3.29. The van der Waals surface area contributed by atoms with Crippen LogP contribution in [0.3, 0.4) is 0 Å². The fourth-order valence-electron chi connectivity index (χ4n) is 2.68. The molecule has 0 amide bonds. The quantitative estimate of drug-likeness (QED) is 0.661. The van der Waals surface area contributed by atoms with Crippen LogP contribution >= 0.6 is 0 Å². The van der Waals surface area contributed by atoms with Gasteiger partial charge in [-0.1, -0.05) is 13.3 Å². The summed E-state index contributed by atoms with van der Waals surface area (Å²) in [4.78, 5) is 11.4. The average Bonchev–Trinajstić information content (AvgIpc) is 2.60. The lowest BCUT2D eigenvalue weighted by Gasteiger charge is -2.36. The van der Waals surface area contributed by atoms with Crippen LogP contribution in [0, 0.1) is 5.92 Å². The summed E-state index contributed by atoms with van der Waals surface area (Å²) in [5.74, 6) is 0.452. The third-order valence-corrected chi connectivity index (χ3v) is 3.41. The Balaban J connectivity index is 1.98. The van der Waals surface area contributed by atoms with Gasteiger partial charge in [0.2, 0.25) is 0 Å². The first kappa shape index (κ1) is 10.9. The van der Waals surface area contributed by atoms with Crippen LogP contribution in [0.15, 0.2) is 0 Å². The van der Waals surface area contributed by atoms with Crippen molar-refractivity contribution in [2.75, 3.05) is 13.7 Å². The minimum absolute atomic E-state index is 0.217. The Bertz CT molecular complexity index is 256. The summed E-state index contributed by atoms with van der Waals surface area (Å²) in [5.41, 5.74) is -0.253. The molecule has 0 aromatic heterocycles. The van der Waals surface area contributed by atoms with Crippen molar-refractivity contribution >= 4 is 5.97 Å². The van der Waals surface area contributed by atoms with Crippen molar-refractivity contribution in [2.24, 2.45) is 5.92 Å². The van der Waals surface area contributed by atoms with Crippen LogP contribution in [-0.4, -0.2) is 31.5 Å². The van der Waals surface area contributed by atoms with Crippen molar-refractivity contribution in [3.63, 3.8) is 0 Å². The molecule has 15 heavy (non-hydrogen) atoms. The molecule has 1 saturated carbocycles. The van der Waals surface area contributed by atoms with Crippen molar-refractivity contribution < 1.29 is 14.3 Å². The lowest BCUT2D eigenvalue weighted by atomic mass is 9.84. The molecule has 0 aromatic carbocycles. The highest BCUT2D eigenvalue weighted by Crippen LogP contribution is 2.36. The molecule has 4 heteroatoms. The summed E-state index contributed by atoms with van der Waals surface area (Å²) in [6.07, 6.45) is 4.43. The number of carbonyl (C=O) groups is 1. The maximum atomic E-state index is 11.4. The Labute approximate surface area is 90.3 Å². The van der Waals surface area contributed by atoms with Gasteiger partial charge in [0.05, 0.1) is 13.7 Å². The predicted molar refractivity (Wildman–Crippen MR) is 55.3 cm³/mol. The Morgan fingerprint density at radius 3 is 3.07 bits per heavy atom. The van der Waals surface area contributed by atoms with Gasteiger partial charge in [-0.05, 0) is 25.2 Å². The zero-order valence-electron chi connectivity index (χ0n) is 9.41. The number of hydrogen-bond donors (Lipinski definition) is 1. The van der Waals surface area contributed by atoms with Gasteiger partial charge in [0.15, 0.2) is 0 Å². The first-order chi connectivity index (χ1) is 7.15. The SMILES string of the molecule is COC(=O)C1COC2(CCCC(C)C2)N1. The minimum atomic E-state index is -0.278. The van der Waals surface area contributed by atoms with E-state index in [-0.39, 0.29) is 17.7 Å². The van der Waals surface area contributed by atoms with Gasteiger partial charge in [0.1, 0.15) is 11.8 Å². The molecule has 2 aliphatic rings. The van der Waals surface area contributed by atoms with E-state index in [1.165, 1.54) is 20.0 Å². The molecule has 1 saturated heterocycles. The Morgan fingerprint density at radius 2 is 2.40 bits per heavy atom. The van der Waals surface area contributed by atoms with E-state index in [2.05, 4.69) is 12.2 Å². The average molecular weight is 213 g/mol. The highest BCUT2D eigenvalue weighted by atomic mass is 16.5. The minimum Gasteiger partial charge on any atom is -0.468 e. The second kappa shape index (κ2) is 4.10. The molecule has 86 valence electrons. The second-order valence-corrected chi connectivity index (χ2v) is 4.73. The van der Waals surface area contributed by atoms with Gasteiger partial charge in [-0.3, -0.25) is 10.1 Å². The van der Waals surface area contributed by atoms with E-state index in [1.807, 2.05) is 0 Å². The zero-order valence-corrected chi connectivity index (χ0v) is 9.41. The van der Waals surface area contributed by atoms with Gasteiger partial charge in [-0.25, -0.2) is 0 Å². The maximum absolute atomic E-state index is 11.4. The molecule has 1 N–H and O–H groups in total. The third-order valence-electron chi connectivity index (χ3n) is 3.41. The van der Waals surface area contributed by atoms with Gasteiger partial charge in [-0.2, -0.15) is 0 Å². The number of esters is 1. The molecule has 0 aromatic rings. The predicted octanol–water partition coefficient (Wildman–Crippen LogP) is 1.05. The number of carbonyl (C=O) groups excluding carboxylic acids is 1. The molecular formula is C11H19NO3. The zero-order chi connectivity index (χ0) is 10.9. The first-order valence-corrected chi connectivity index (χ1v) is 5.65. The third kappa shape index (κ3) is 2.16. The van der Waals surface area contributed by atoms with Crippen LogP contribution in [0.1, 0.15) is 32.6 Å². The first-order valence-electron chi connectivity index (χ1n) is 5.65. The van der Waals surface area contributed by atoms with Gasteiger partial charge in [-0.15, -0.1) is 0 Å². The summed E-state index contributed by atoms with van der Waals surface area (Å²) in [7, 11) is 1.42. The van der Waals surface area contributed by atoms with E-state index >= 15 is 0 Å². The number of rotatable bonds is 1. The Hall–Kier alpha value is -0.610. The number of ether oxygens (including phenoxy) is 2. The Kier molecular flexibility index (Phi) is 2.98. The van der Waals surface area contributed by atoms with E-state index in [4.69, 9.17) is 9.47 Å². The number of hydrogen-bond acceptors (Lipinski definition) is 4. The van der Waals surface area contributed by atoms with Crippen molar-refractivity contribution in [1.82, 2.24) is 5.32 Å². The van der Waals surface area contributed by atoms with Gasteiger partial charge >= 0.3 is 5.97 Å². The van der Waals surface area contributed by atoms with Crippen molar-refractivity contribution in [3.05, 3.63) is 0 Å². The molecule has 0 bridgehead atoms. The molecule has 0 radical (unpaired) electrons. The van der Waals surface area contributed by atoms with Crippen LogP contribution < -0.4 is 5.32 Å². The molecule has 3 unspecified atom stereocenters. The summed E-state index contributed by atoms with van der Waals surface area (Å²) in [6, 6.07) is -0.278. The maximum Gasteiger partial charge on any atom is 0.325 e. The van der Waals surface area contributed by atoms with Crippen molar-refractivity contribution in [1.29, 1.82) is 0 Å². The highest BCUT2D eigenvalue weighted by Gasteiger charge is 2.44. The molecule has 1 heterocycles. The fraction of sp³-hybridized carbons (Fsp3) is 0.909. The van der Waals surface area contributed by atoms with E-state index in [9.17, 15) is 4.79 Å². The standard InChI is InChI=1S/C11H19NO3/c1-8-4-3-5-11(6-8)12-9(7-15-11)10(13)14-2/h8-9,12H,3-7H2,1-2H3. The van der Waals surface area contributed by atoms with Crippen molar-refractivity contribution in [3.8, 4) is 0 Å². The monoisotopic (exact) mass is 213 g/mol. The van der Waals surface area contributed by atoms with E-state index < -0.39 is 0 Å². The van der Waals surface area contributed by atoms with E-state index in [0.29, 0.717) is 12.5 Å². The van der Waals surface area contributed by atoms with Crippen LogP contribution in [0.2, 0.25) is 0 Å². The molecule has 2 rings (SSSR count). The normalized spacial score (nSPS) is 40.7. The smallest absolute Gasteiger partial charge is 0.325 e. The number of methoxy groups -OCH3 is 1. The van der Waals surface area contributed by atoms with Crippen molar-refractivity contribution in [2.45, 2.75) is 44.4 Å². The van der Waals surface area contributed by atoms with Crippen LogP contribution in [-0.2, 0) is 14.3 Å². The highest BCUT2D eigenvalue weighted by molar-refractivity contribution is 5.76. The molecule has 2 fully saturated rings. The molecule has 1 spiro atoms. The van der Waals surface area contributed by atoms with Gasteiger partial charge in [0, 0.05) is 0 Å². The summed E-state index contributed by atoms with van der Waals surface area (Å²) in [6.45, 7) is 2.68. The van der Waals surface area contributed by atoms with Crippen LogP contribution in [0.25, 0.3) is 0 Å². The fourth-order valence-corrected chi connectivity index (χ4v) is 2.68. The molecule has 3 atom stereocenters. The topological polar surface area (TPSA) is 47.6 Å². The largest absolute Gasteiger partial charge is 0.468 e. The Morgan fingerprint density at radius 1 is 1.60 bits per heavy atom. The summed E-state index contributed by atoms with van der Waals surface area (Å²) >= 11 is 0.